The quantitative estimate of drug-likeness (QED) is 0.923. The Balaban J connectivity index is 1.50. The maximum Gasteiger partial charge on any atom is 0.223 e. The molecule has 1 N–H and O–H groups in total. The summed E-state index contributed by atoms with van der Waals surface area (Å²) in [7, 11) is 0. The minimum absolute atomic E-state index is 0.0982. The van der Waals surface area contributed by atoms with Gasteiger partial charge in [-0.3, -0.25) is 9.69 Å². The molecule has 120 valence electrons. The van der Waals surface area contributed by atoms with Crippen molar-refractivity contribution >= 4 is 5.91 Å². The molecule has 4 heteroatoms. The lowest BCUT2D eigenvalue weighted by Gasteiger charge is -2.34. The zero-order valence-corrected chi connectivity index (χ0v) is 13.2. The van der Waals surface area contributed by atoms with Crippen LogP contribution in [-0.4, -0.2) is 23.9 Å². The van der Waals surface area contributed by atoms with Crippen LogP contribution < -0.4 is 5.32 Å². The van der Waals surface area contributed by atoms with Gasteiger partial charge in [-0.25, -0.2) is 0 Å². The van der Waals surface area contributed by atoms with Gasteiger partial charge in [0, 0.05) is 25.6 Å². The second-order valence-electron chi connectivity index (χ2n) is 6.54. The Bertz CT molecular complexity index is 676. The van der Waals surface area contributed by atoms with Crippen molar-refractivity contribution in [1.29, 1.82) is 0 Å². The van der Waals surface area contributed by atoms with E-state index in [1.54, 1.807) is 6.26 Å². The second-order valence-corrected chi connectivity index (χ2v) is 6.54. The van der Waals surface area contributed by atoms with Crippen LogP contribution in [-0.2, 0) is 17.8 Å². The Hall–Kier alpha value is -2.07. The first kappa shape index (κ1) is 14.5. The normalized spacial score (nSPS) is 19.1. The molecule has 1 fully saturated rings. The number of carbonyl (C=O) groups excluding carboxylic acids is 1. The van der Waals surface area contributed by atoms with Gasteiger partial charge in [0.15, 0.2) is 0 Å². The van der Waals surface area contributed by atoms with Crippen molar-refractivity contribution in [1.82, 2.24) is 10.2 Å². The minimum Gasteiger partial charge on any atom is -0.468 e. The molecular formula is C19H22N2O2. The van der Waals surface area contributed by atoms with Gasteiger partial charge in [-0.1, -0.05) is 24.3 Å². The summed E-state index contributed by atoms with van der Waals surface area (Å²) in [6.07, 6.45) is 4.83. The maximum atomic E-state index is 12.0. The van der Waals surface area contributed by atoms with E-state index in [2.05, 4.69) is 34.5 Å². The van der Waals surface area contributed by atoms with Gasteiger partial charge in [0.05, 0.1) is 12.3 Å². The van der Waals surface area contributed by atoms with Crippen LogP contribution in [0, 0.1) is 5.92 Å². The van der Waals surface area contributed by atoms with Crippen LogP contribution in [0.15, 0.2) is 47.1 Å². The summed E-state index contributed by atoms with van der Waals surface area (Å²) in [6.45, 7) is 2.51. The number of fused-ring (bicyclic) bond motifs is 1. The Morgan fingerprint density at radius 3 is 2.78 bits per heavy atom. The molecule has 0 spiro atoms. The van der Waals surface area contributed by atoms with Crippen LogP contribution in [0.2, 0.25) is 0 Å². The molecule has 4 rings (SSSR count). The average Bonchev–Trinajstić information content (AvgIpc) is 3.31. The summed E-state index contributed by atoms with van der Waals surface area (Å²) in [5, 5.41) is 3.11. The summed E-state index contributed by atoms with van der Waals surface area (Å²) < 4.78 is 5.65. The third-order valence-electron chi connectivity index (χ3n) is 4.89. The highest BCUT2D eigenvalue weighted by Crippen LogP contribution is 2.30. The number of nitrogens with zero attached hydrogens (tertiary/aromatic N) is 1. The lowest BCUT2D eigenvalue weighted by molar-refractivity contribution is -0.122. The number of amides is 1. The molecule has 0 saturated heterocycles. The minimum atomic E-state index is 0.0982. The Morgan fingerprint density at radius 1 is 1.22 bits per heavy atom. The van der Waals surface area contributed by atoms with E-state index in [4.69, 9.17) is 4.42 Å². The molecule has 1 aromatic heterocycles. The molecule has 0 unspecified atom stereocenters. The first-order valence-corrected chi connectivity index (χ1v) is 8.43. The molecule has 2 aliphatic rings. The third kappa shape index (κ3) is 3.17. The number of benzene rings is 1. The van der Waals surface area contributed by atoms with E-state index in [1.807, 2.05) is 12.1 Å². The highest BCUT2D eigenvalue weighted by molar-refractivity contribution is 5.80. The lowest BCUT2D eigenvalue weighted by Crippen LogP contribution is -2.40. The molecule has 1 amide bonds. The predicted octanol–water partition coefficient (Wildman–Crippen LogP) is 2.91. The van der Waals surface area contributed by atoms with Gasteiger partial charge in [-0.15, -0.1) is 0 Å². The van der Waals surface area contributed by atoms with E-state index in [-0.39, 0.29) is 17.9 Å². The monoisotopic (exact) mass is 310 g/mol. The van der Waals surface area contributed by atoms with Crippen LogP contribution >= 0.6 is 0 Å². The molecule has 23 heavy (non-hydrogen) atoms. The number of hydrogen-bond acceptors (Lipinski definition) is 3. The fourth-order valence-electron chi connectivity index (χ4n) is 3.36. The average molecular weight is 310 g/mol. The van der Waals surface area contributed by atoms with E-state index in [0.29, 0.717) is 6.54 Å². The van der Waals surface area contributed by atoms with Crippen molar-refractivity contribution in [3.8, 4) is 0 Å². The van der Waals surface area contributed by atoms with Gasteiger partial charge in [-0.2, -0.15) is 0 Å². The van der Waals surface area contributed by atoms with Gasteiger partial charge >= 0.3 is 0 Å². The van der Waals surface area contributed by atoms with E-state index >= 15 is 0 Å². The van der Waals surface area contributed by atoms with Crippen molar-refractivity contribution in [2.75, 3.05) is 13.1 Å². The second kappa shape index (κ2) is 6.20. The largest absolute Gasteiger partial charge is 0.468 e. The van der Waals surface area contributed by atoms with Crippen LogP contribution in [0.25, 0.3) is 0 Å². The van der Waals surface area contributed by atoms with Crippen LogP contribution in [0.4, 0.5) is 0 Å². The Kier molecular flexibility index (Phi) is 3.92. The fraction of sp³-hybridized carbons (Fsp3) is 0.421. The number of hydrogen-bond donors (Lipinski definition) is 1. The van der Waals surface area contributed by atoms with Crippen LogP contribution in [0.5, 0.6) is 0 Å². The van der Waals surface area contributed by atoms with Crippen LogP contribution in [0.1, 0.15) is 35.8 Å². The van der Waals surface area contributed by atoms with E-state index < -0.39 is 0 Å². The van der Waals surface area contributed by atoms with Gasteiger partial charge in [-0.05, 0) is 42.5 Å². The molecule has 2 heterocycles. The third-order valence-corrected chi connectivity index (χ3v) is 4.89. The Labute approximate surface area is 136 Å². The van der Waals surface area contributed by atoms with Gasteiger partial charge in [0.2, 0.25) is 5.91 Å². The highest BCUT2D eigenvalue weighted by atomic mass is 16.3. The highest BCUT2D eigenvalue weighted by Gasteiger charge is 2.32. The molecule has 0 bridgehead atoms. The molecule has 1 saturated carbocycles. The molecule has 4 nitrogen and oxygen atoms in total. The molecular weight excluding hydrogens is 288 g/mol. The standard InChI is InChI=1S/C19H22N2O2/c22-19(15-7-8-15)20-12-17(18-6-3-11-23-18)21-10-9-14-4-1-2-5-16(14)13-21/h1-6,11,15,17H,7-10,12-13H2,(H,20,22)/t17-/m1/s1. The molecule has 2 aromatic rings. The molecule has 0 radical (unpaired) electrons. The van der Waals surface area contributed by atoms with Crippen molar-refractivity contribution in [2.45, 2.75) is 31.8 Å². The smallest absolute Gasteiger partial charge is 0.223 e. The summed E-state index contributed by atoms with van der Waals surface area (Å²) >= 11 is 0. The zero-order chi connectivity index (χ0) is 15.6. The van der Waals surface area contributed by atoms with Gasteiger partial charge < -0.3 is 9.73 Å². The number of nitrogens with one attached hydrogen (secondary N) is 1. The van der Waals surface area contributed by atoms with Crippen molar-refractivity contribution in [3.05, 3.63) is 59.5 Å². The first-order valence-electron chi connectivity index (χ1n) is 8.43. The van der Waals surface area contributed by atoms with E-state index in [0.717, 1.165) is 38.1 Å². The Morgan fingerprint density at radius 2 is 2.04 bits per heavy atom. The molecule has 1 atom stereocenters. The molecule has 1 aromatic carbocycles. The van der Waals surface area contributed by atoms with Crippen LogP contribution in [0.3, 0.4) is 0 Å². The predicted molar refractivity (Wildman–Crippen MR) is 87.7 cm³/mol. The summed E-state index contributed by atoms with van der Waals surface area (Å²) in [5.41, 5.74) is 2.81. The summed E-state index contributed by atoms with van der Waals surface area (Å²) in [4.78, 5) is 14.4. The zero-order valence-electron chi connectivity index (χ0n) is 13.2. The molecule has 1 aliphatic carbocycles. The SMILES string of the molecule is O=C(NC[C@H](c1ccco1)N1CCc2ccccc2C1)C1CC1. The van der Waals surface area contributed by atoms with Gasteiger partial charge in [0.25, 0.3) is 0 Å². The molecule has 1 aliphatic heterocycles. The number of furan rings is 1. The first-order chi connectivity index (χ1) is 11.3. The maximum absolute atomic E-state index is 12.0. The number of rotatable bonds is 5. The van der Waals surface area contributed by atoms with E-state index in [9.17, 15) is 4.79 Å². The van der Waals surface area contributed by atoms with Crippen molar-refractivity contribution in [3.63, 3.8) is 0 Å². The van der Waals surface area contributed by atoms with E-state index in [1.165, 1.54) is 11.1 Å². The fourth-order valence-corrected chi connectivity index (χ4v) is 3.36. The van der Waals surface area contributed by atoms with Gasteiger partial charge in [0.1, 0.15) is 5.76 Å². The topological polar surface area (TPSA) is 45.5 Å². The van der Waals surface area contributed by atoms with Crippen molar-refractivity contribution < 1.29 is 9.21 Å². The summed E-state index contributed by atoms with van der Waals surface area (Å²) in [6, 6.07) is 12.6. The van der Waals surface area contributed by atoms with Crippen molar-refractivity contribution in [2.24, 2.45) is 5.92 Å². The lowest BCUT2D eigenvalue weighted by atomic mass is 9.98. The number of carbonyl (C=O) groups is 1. The summed E-state index contributed by atoms with van der Waals surface area (Å²) in [5.74, 6) is 1.37.